The Morgan fingerprint density at radius 2 is 2.14 bits per heavy atom. The molecule has 1 aliphatic heterocycles. The second-order valence-electron chi connectivity index (χ2n) is 5.28. The van der Waals surface area contributed by atoms with Crippen molar-refractivity contribution in [2.75, 3.05) is 6.54 Å². The van der Waals surface area contributed by atoms with E-state index in [2.05, 4.69) is 44.0 Å². The molecule has 3 rings (SSSR count). The maximum Gasteiger partial charge on any atom is 0.264 e. The minimum absolute atomic E-state index is 0.149. The summed E-state index contributed by atoms with van der Waals surface area (Å²) in [6.07, 6.45) is 2.10. The number of benzene rings is 1. The van der Waals surface area contributed by atoms with Crippen LogP contribution in [0.5, 0.6) is 0 Å². The number of carbonyl (C=O) groups excluding carboxylic acids is 1. The van der Waals surface area contributed by atoms with Crippen molar-refractivity contribution in [1.82, 2.24) is 4.90 Å². The molecule has 5 heteroatoms. The summed E-state index contributed by atoms with van der Waals surface area (Å²) >= 11 is 8.55. The number of hydrogen-bond acceptors (Lipinski definition) is 2. The fraction of sp³-hybridized carbons (Fsp3) is 0.312. The SMILES string of the molecule is Cc1cc(C(=O)N2CCCC2c2cccc(Br)c2)sc1Br. The first-order chi connectivity index (χ1) is 10.1. The summed E-state index contributed by atoms with van der Waals surface area (Å²) in [5.74, 6) is 0.149. The molecule has 0 bridgehead atoms. The van der Waals surface area contributed by atoms with Crippen LogP contribution in [0, 0.1) is 6.92 Å². The maximum absolute atomic E-state index is 12.8. The zero-order valence-electron chi connectivity index (χ0n) is 11.6. The van der Waals surface area contributed by atoms with Gasteiger partial charge in [0.05, 0.1) is 14.7 Å². The summed E-state index contributed by atoms with van der Waals surface area (Å²) in [6, 6.07) is 10.4. The molecule has 1 unspecified atom stereocenters. The zero-order valence-corrected chi connectivity index (χ0v) is 15.6. The van der Waals surface area contributed by atoms with Crippen LogP contribution in [0.4, 0.5) is 0 Å². The number of halogens is 2. The van der Waals surface area contributed by atoms with E-state index < -0.39 is 0 Å². The summed E-state index contributed by atoms with van der Waals surface area (Å²) in [7, 11) is 0. The van der Waals surface area contributed by atoms with Crippen molar-refractivity contribution in [2.24, 2.45) is 0 Å². The Kier molecular flexibility index (Phi) is 4.52. The summed E-state index contributed by atoms with van der Waals surface area (Å²) in [6.45, 7) is 2.86. The molecule has 1 saturated heterocycles. The van der Waals surface area contributed by atoms with Crippen molar-refractivity contribution in [1.29, 1.82) is 0 Å². The highest BCUT2D eigenvalue weighted by Crippen LogP contribution is 2.36. The van der Waals surface area contributed by atoms with Gasteiger partial charge in [0.15, 0.2) is 0 Å². The highest BCUT2D eigenvalue weighted by Gasteiger charge is 2.31. The molecule has 21 heavy (non-hydrogen) atoms. The molecule has 2 aromatic rings. The van der Waals surface area contributed by atoms with Gasteiger partial charge in [-0.2, -0.15) is 0 Å². The molecular weight excluding hydrogens is 414 g/mol. The monoisotopic (exact) mass is 427 g/mol. The highest BCUT2D eigenvalue weighted by atomic mass is 79.9. The van der Waals surface area contributed by atoms with E-state index in [4.69, 9.17) is 0 Å². The normalized spacial score (nSPS) is 18.2. The van der Waals surface area contributed by atoms with Crippen LogP contribution in [0.1, 0.15) is 39.7 Å². The van der Waals surface area contributed by atoms with Gasteiger partial charge in [0.25, 0.3) is 5.91 Å². The number of amides is 1. The van der Waals surface area contributed by atoms with Gasteiger partial charge in [-0.25, -0.2) is 0 Å². The number of rotatable bonds is 2. The molecule has 2 nitrogen and oxygen atoms in total. The number of nitrogens with zero attached hydrogens (tertiary/aromatic N) is 1. The number of carbonyl (C=O) groups is 1. The fourth-order valence-electron chi connectivity index (χ4n) is 2.78. The molecule has 2 heterocycles. The topological polar surface area (TPSA) is 20.3 Å². The van der Waals surface area contributed by atoms with E-state index >= 15 is 0 Å². The van der Waals surface area contributed by atoms with Crippen LogP contribution in [-0.4, -0.2) is 17.4 Å². The number of likely N-dealkylation sites (tertiary alicyclic amines) is 1. The first kappa shape index (κ1) is 15.3. The van der Waals surface area contributed by atoms with Gasteiger partial charge in [-0.15, -0.1) is 11.3 Å². The third kappa shape index (κ3) is 3.10. The maximum atomic E-state index is 12.8. The molecule has 0 spiro atoms. The number of aryl methyl sites for hydroxylation is 1. The molecule has 1 aromatic carbocycles. The van der Waals surface area contributed by atoms with Crippen LogP contribution in [0.2, 0.25) is 0 Å². The van der Waals surface area contributed by atoms with Crippen molar-refractivity contribution >= 4 is 49.1 Å². The molecular formula is C16H15Br2NOS. The Labute approximate surface area is 145 Å². The summed E-state index contributed by atoms with van der Waals surface area (Å²) in [5, 5.41) is 0. The average molecular weight is 429 g/mol. The van der Waals surface area contributed by atoms with Gasteiger partial charge < -0.3 is 4.90 Å². The Bertz CT molecular complexity index is 663. The highest BCUT2D eigenvalue weighted by molar-refractivity contribution is 9.11. The smallest absolute Gasteiger partial charge is 0.264 e. The van der Waals surface area contributed by atoms with E-state index in [0.717, 1.165) is 38.1 Å². The van der Waals surface area contributed by atoms with Crippen molar-refractivity contribution in [2.45, 2.75) is 25.8 Å². The summed E-state index contributed by atoms with van der Waals surface area (Å²) in [5.41, 5.74) is 2.34. The van der Waals surface area contributed by atoms with E-state index in [1.807, 2.05) is 30.0 Å². The molecule has 1 aromatic heterocycles. The third-order valence-corrected chi connectivity index (χ3v) is 6.43. The van der Waals surface area contributed by atoms with E-state index in [1.54, 1.807) is 0 Å². The van der Waals surface area contributed by atoms with E-state index in [-0.39, 0.29) is 11.9 Å². The van der Waals surface area contributed by atoms with Crippen LogP contribution >= 0.6 is 43.2 Å². The quantitative estimate of drug-likeness (QED) is 0.613. The van der Waals surface area contributed by atoms with E-state index in [1.165, 1.54) is 16.9 Å². The van der Waals surface area contributed by atoms with Gasteiger partial charge in [0.1, 0.15) is 0 Å². The first-order valence-electron chi connectivity index (χ1n) is 6.88. The molecule has 1 atom stereocenters. The minimum atomic E-state index is 0.149. The van der Waals surface area contributed by atoms with Crippen LogP contribution in [0.15, 0.2) is 38.6 Å². The van der Waals surface area contributed by atoms with Crippen LogP contribution in [-0.2, 0) is 0 Å². The Morgan fingerprint density at radius 3 is 2.81 bits per heavy atom. The van der Waals surface area contributed by atoms with Crippen molar-refractivity contribution in [3.8, 4) is 0 Å². The standard InChI is InChI=1S/C16H15Br2NOS/c1-10-8-14(21-15(10)18)16(20)19-7-3-6-13(19)11-4-2-5-12(17)9-11/h2,4-5,8-9,13H,3,6-7H2,1H3. The van der Waals surface area contributed by atoms with Gasteiger partial charge in [-0.05, 0) is 65.0 Å². The third-order valence-electron chi connectivity index (χ3n) is 3.82. The lowest BCUT2D eigenvalue weighted by atomic mass is 10.0. The zero-order chi connectivity index (χ0) is 15.0. The largest absolute Gasteiger partial charge is 0.331 e. The number of thiophene rings is 1. The van der Waals surface area contributed by atoms with Crippen LogP contribution in [0.25, 0.3) is 0 Å². The number of hydrogen-bond donors (Lipinski definition) is 0. The van der Waals surface area contributed by atoms with E-state index in [0.29, 0.717) is 0 Å². The van der Waals surface area contributed by atoms with Gasteiger partial charge in [0.2, 0.25) is 0 Å². The van der Waals surface area contributed by atoms with Gasteiger partial charge >= 0.3 is 0 Å². The summed E-state index contributed by atoms with van der Waals surface area (Å²) in [4.78, 5) is 15.6. The van der Waals surface area contributed by atoms with E-state index in [9.17, 15) is 4.79 Å². The molecule has 0 radical (unpaired) electrons. The van der Waals surface area contributed by atoms with Gasteiger partial charge in [-0.3, -0.25) is 4.79 Å². The predicted octanol–water partition coefficient (Wildman–Crippen LogP) is 5.56. The van der Waals surface area contributed by atoms with Gasteiger partial charge in [0, 0.05) is 11.0 Å². The molecule has 0 aliphatic carbocycles. The Morgan fingerprint density at radius 1 is 1.33 bits per heavy atom. The van der Waals surface area contributed by atoms with Crippen molar-refractivity contribution < 1.29 is 4.79 Å². The minimum Gasteiger partial charge on any atom is -0.331 e. The fourth-order valence-corrected chi connectivity index (χ4v) is 4.68. The molecule has 1 amide bonds. The van der Waals surface area contributed by atoms with Crippen LogP contribution < -0.4 is 0 Å². The van der Waals surface area contributed by atoms with Crippen molar-refractivity contribution in [3.05, 3.63) is 54.6 Å². The Hall–Kier alpha value is -0.650. The molecule has 0 N–H and O–H groups in total. The first-order valence-corrected chi connectivity index (χ1v) is 9.29. The second kappa shape index (κ2) is 6.23. The lowest BCUT2D eigenvalue weighted by molar-refractivity contribution is 0.0740. The van der Waals surface area contributed by atoms with Gasteiger partial charge in [-0.1, -0.05) is 28.1 Å². The lowest BCUT2D eigenvalue weighted by Crippen LogP contribution is -2.29. The molecule has 1 aliphatic rings. The molecule has 0 saturated carbocycles. The van der Waals surface area contributed by atoms with Crippen molar-refractivity contribution in [3.63, 3.8) is 0 Å². The second-order valence-corrected chi connectivity index (χ2v) is 8.56. The summed E-state index contributed by atoms with van der Waals surface area (Å²) < 4.78 is 2.11. The Balaban J connectivity index is 1.88. The molecule has 1 fully saturated rings. The van der Waals surface area contributed by atoms with Crippen LogP contribution in [0.3, 0.4) is 0 Å². The average Bonchev–Trinajstić information content (AvgIpc) is 3.06. The molecule has 110 valence electrons. The predicted molar refractivity (Wildman–Crippen MR) is 93.9 cm³/mol. The lowest BCUT2D eigenvalue weighted by Gasteiger charge is -2.24.